The van der Waals surface area contributed by atoms with Crippen LogP contribution in [-0.4, -0.2) is 61.6 Å². The van der Waals surface area contributed by atoms with Gasteiger partial charge in [-0.3, -0.25) is 9.69 Å². The van der Waals surface area contributed by atoms with Crippen LogP contribution in [0.2, 0.25) is 5.02 Å². The first-order valence-corrected chi connectivity index (χ1v) is 12.2. The first-order valence-electron chi connectivity index (χ1n) is 11.0. The minimum absolute atomic E-state index is 0.0318. The van der Waals surface area contributed by atoms with E-state index in [9.17, 15) is 9.90 Å². The molecule has 35 heavy (non-hydrogen) atoms. The van der Waals surface area contributed by atoms with Crippen LogP contribution < -0.4 is 0 Å². The molecule has 0 bridgehead atoms. The number of piperazine rings is 1. The van der Waals surface area contributed by atoms with Gasteiger partial charge in [-0.25, -0.2) is 0 Å². The van der Waals surface area contributed by atoms with Crippen molar-refractivity contribution in [1.82, 2.24) is 24.4 Å². The number of nitrogens with zero attached hydrogens (tertiary/aromatic N) is 5. The normalized spacial score (nSPS) is 15.6. The molecule has 5 aromatic rings. The molecule has 1 aromatic carbocycles. The Morgan fingerprint density at radius 3 is 2.43 bits per heavy atom. The highest BCUT2D eigenvalue weighted by molar-refractivity contribution is 7.17. The SMILES string of the molecule is O=C(c1ccco1)N1CCN([C@@H](c2ccc(Cl)cc2)c2sc3nc(-c4ccco4)nn3c2O)CC1. The van der Waals surface area contributed by atoms with Crippen molar-refractivity contribution >= 4 is 33.8 Å². The molecule has 1 N–H and O–H groups in total. The van der Waals surface area contributed by atoms with Crippen LogP contribution in [0.15, 0.2) is 69.9 Å². The van der Waals surface area contributed by atoms with Crippen molar-refractivity contribution in [2.24, 2.45) is 0 Å². The second kappa shape index (κ2) is 8.88. The number of thiazole rings is 1. The zero-order chi connectivity index (χ0) is 23.9. The maximum Gasteiger partial charge on any atom is 0.289 e. The van der Waals surface area contributed by atoms with Crippen LogP contribution in [0.1, 0.15) is 27.0 Å². The highest BCUT2D eigenvalue weighted by Gasteiger charge is 2.33. The van der Waals surface area contributed by atoms with Gasteiger partial charge in [0.15, 0.2) is 11.5 Å². The zero-order valence-corrected chi connectivity index (χ0v) is 19.9. The van der Waals surface area contributed by atoms with Crippen LogP contribution in [0.4, 0.5) is 0 Å². The fourth-order valence-corrected chi connectivity index (χ4v) is 5.59. The maximum atomic E-state index is 12.7. The molecular formula is C24H20ClN5O4S. The van der Waals surface area contributed by atoms with Gasteiger partial charge in [0, 0.05) is 31.2 Å². The predicted molar refractivity (Wildman–Crippen MR) is 130 cm³/mol. The Morgan fingerprint density at radius 2 is 1.77 bits per heavy atom. The van der Waals surface area contributed by atoms with E-state index < -0.39 is 0 Å². The van der Waals surface area contributed by atoms with Crippen molar-refractivity contribution in [3.63, 3.8) is 0 Å². The number of hydrogen-bond donors (Lipinski definition) is 1. The standard InChI is InChI=1S/C24H20ClN5O4S/c25-16-7-5-15(6-8-16)19(28-9-11-29(12-10-28)22(31)18-4-2-14-34-18)20-23(32)30-24(35-20)26-21(27-30)17-3-1-13-33-17/h1-8,13-14,19,32H,9-12H2/t19-/m0/s1. The third kappa shape index (κ3) is 3.99. The smallest absolute Gasteiger partial charge is 0.289 e. The third-order valence-corrected chi connectivity index (χ3v) is 7.40. The van der Waals surface area contributed by atoms with E-state index in [4.69, 9.17) is 20.4 Å². The molecule has 1 aliphatic rings. The Hall–Kier alpha value is -3.60. The monoisotopic (exact) mass is 509 g/mol. The molecule has 5 heterocycles. The van der Waals surface area contributed by atoms with Crippen molar-refractivity contribution in [2.45, 2.75) is 6.04 Å². The van der Waals surface area contributed by atoms with Gasteiger partial charge in [0.1, 0.15) is 0 Å². The van der Waals surface area contributed by atoms with Crippen molar-refractivity contribution in [2.75, 3.05) is 26.2 Å². The molecule has 6 rings (SSSR count). The molecule has 11 heteroatoms. The molecule has 0 unspecified atom stereocenters. The van der Waals surface area contributed by atoms with E-state index in [1.165, 1.54) is 22.1 Å². The molecule has 9 nitrogen and oxygen atoms in total. The van der Waals surface area contributed by atoms with Crippen LogP contribution in [0, 0.1) is 0 Å². The summed E-state index contributed by atoms with van der Waals surface area (Å²) in [6.07, 6.45) is 3.06. The Bertz CT molecular complexity index is 1450. The first kappa shape index (κ1) is 21.9. The molecule has 1 amide bonds. The minimum Gasteiger partial charge on any atom is -0.492 e. The Labute approximate surface area is 208 Å². The van der Waals surface area contributed by atoms with Gasteiger partial charge < -0.3 is 18.8 Å². The topological polar surface area (TPSA) is 100 Å². The summed E-state index contributed by atoms with van der Waals surface area (Å²) in [5, 5.41) is 16.3. The van der Waals surface area contributed by atoms with Gasteiger partial charge in [-0.2, -0.15) is 9.50 Å². The highest BCUT2D eigenvalue weighted by Crippen LogP contribution is 2.41. The second-order valence-electron chi connectivity index (χ2n) is 8.16. The summed E-state index contributed by atoms with van der Waals surface area (Å²) in [6.45, 7) is 2.30. The largest absolute Gasteiger partial charge is 0.492 e. The number of benzene rings is 1. The Balaban J connectivity index is 1.32. The number of aromatic nitrogens is 3. The highest BCUT2D eigenvalue weighted by atomic mass is 35.5. The minimum atomic E-state index is -0.256. The van der Waals surface area contributed by atoms with Crippen LogP contribution in [0.25, 0.3) is 16.5 Å². The average molecular weight is 510 g/mol. The van der Waals surface area contributed by atoms with Crippen LogP contribution in [0.5, 0.6) is 5.88 Å². The number of hydrogen-bond acceptors (Lipinski definition) is 8. The summed E-state index contributed by atoms with van der Waals surface area (Å²) in [5.74, 6) is 1.20. The van der Waals surface area contributed by atoms with E-state index in [0.717, 1.165) is 10.4 Å². The van der Waals surface area contributed by atoms with E-state index in [-0.39, 0.29) is 17.8 Å². The summed E-state index contributed by atoms with van der Waals surface area (Å²) < 4.78 is 12.1. The molecule has 1 atom stereocenters. The fourth-order valence-electron chi connectivity index (χ4n) is 4.35. The van der Waals surface area contributed by atoms with Crippen LogP contribution in [-0.2, 0) is 0 Å². The van der Waals surface area contributed by atoms with Crippen molar-refractivity contribution in [3.05, 3.63) is 82.3 Å². The lowest BCUT2D eigenvalue weighted by atomic mass is 10.0. The summed E-state index contributed by atoms with van der Waals surface area (Å²) >= 11 is 7.52. The maximum absolute atomic E-state index is 12.7. The van der Waals surface area contributed by atoms with Gasteiger partial charge in [-0.15, -0.1) is 5.10 Å². The number of furan rings is 2. The summed E-state index contributed by atoms with van der Waals surface area (Å²) in [6, 6.07) is 14.3. The molecule has 1 fully saturated rings. The molecule has 0 radical (unpaired) electrons. The van der Waals surface area contributed by atoms with E-state index in [0.29, 0.717) is 53.5 Å². The zero-order valence-electron chi connectivity index (χ0n) is 18.4. The van der Waals surface area contributed by atoms with Gasteiger partial charge in [0.05, 0.1) is 23.4 Å². The number of aromatic hydroxyl groups is 1. The number of carbonyl (C=O) groups is 1. The van der Waals surface area contributed by atoms with Crippen molar-refractivity contribution in [3.8, 4) is 17.5 Å². The summed E-state index contributed by atoms with van der Waals surface area (Å²) in [4.78, 5) is 22.6. The molecule has 4 aromatic heterocycles. The van der Waals surface area contributed by atoms with Crippen molar-refractivity contribution in [1.29, 1.82) is 0 Å². The van der Waals surface area contributed by atoms with Crippen molar-refractivity contribution < 1.29 is 18.7 Å². The second-order valence-corrected chi connectivity index (χ2v) is 9.60. The molecule has 1 aliphatic heterocycles. The quantitative estimate of drug-likeness (QED) is 0.371. The number of fused-ring (bicyclic) bond motifs is 1. The number of rotatable bonds is 5. The lowest BCUT2D eigenvalue weighted by Gasteiger charge is -2.38. The van der Waals surface area contributed by atoms with E-state index in [1.807, 2.05) is 24.3 Å². The molecular weight excluding hydrogens is 490 g/mol. The predicted octanol–water partition coefficient (Wildman–Crippen LogP) is 4.55. The average Bonchev–Trinajstić information content (AvgIpc) is 3.68. The number of amides is 1. The number of carbonyl (C=O) groups excluding carboxylic acids is 1. The van der Waals surface area contributed by atoms with Gasteiger partial charge in [-0.05, 0) is 42.0 Å². The molecule has 0 spiro atoms. The lowest BCUT2D eigenvalue weighted by molar-refractivity contribution is 0.0568. The third-order valence-electron chi connectivity index (χ3n) is 6.07. The molecule has 178 valence electrons. The molecule has 1 saturated heterocycles. The molecule has 0 aliphatic carbocycles. The van der Waals surface area contributed by atoms with Gasteiger partial charge in [-0.1, -0.05) is 35.1 Å². The van der Waals surface area contributed by atoms with Crippen LogP contribution in [0.3, 0.4) is 0 Å². The van der Waals surface area contributed by atoms with Crippen LogP contribution >= 0.6 is 22.9 Å². The van der Waals surface area contributed by atoms with E-state index >= 15 is 0 Å². The molecule has 0 saturated carbocycles. The number of halogens is 1. The summed E-state index contributed by atoms with van der Waals surface area (Å²) in [7, 11) is 0. The first-order chi connectivity index (χ1) is 17.1. The van der Waals surface area contributed by atoms with Gasteiger partial charge >= 0.3 is 0 Å². The Morgan fingerprint density at radius 1 is 1.03 bits per heavy atom. The fraction of sp³-hybridized carbons (Fsp3) is 0.208. The summed E-state index contributed by atoms with van der Waals surface area (Å²) in [5.41, 5.74) is 0.978. The Kier molecular flexibility index (Phi) is 5.56. The van der Waals surface area contributed by atoms with Gasteiger partial charge in [0.2, 0.25) is 16.7 Å². The van der Waals surface area contributed by atoms with E-state index in [1.54, 1.807) is 35.4 Å². The lowest BCUT2D eigenvalue weighted by Crippen LogP contribution is -2.49. The van der Waals surface area contributed by atoms with E-state index in [2.05, 4.69) is 15.0 Å². The van der Waals surface area contributed by atoms with Gasteiger partial charge in [0.25, 0.3) is 5.91 Å².